The second-order valence-corrected chi connectivity index (χ2v) is 17.4. The van der Waals surface area contributed by atoms with Crippen LogP contribution in [0.2, 0.25) is 0 Å². The van der Waals surface area contributed by atoms with E-state index in [4.69, 9.17) is 9.47 Å². The third kappa shape index (κ3) is 4.47. The van der Waals surface area contributed by atoms with E-state index >= 15 is 0 Å². The highest BCUT2D eigenvalue weighted by atomic mass is 16.5. The number of anilines is 6. The van der Waals surface area contributed by atoms with Gasteiger partial charge < -0.3 is 19.3 Å². The minimum atomic E-state index is -0.00633. The smallest absolute Gasteiger partial charge is 0.260 e. The van der Waals surface area contributed by atoms with Crippen molar-refractivity contribution in [3.63, 3.8) is 0 Å². The Kier molecular flexibility index (Phi) is 6.37. The summed E-state index contributed by atoms with van der Waals surface area (Å²) in [6.07, 6.45) is 1.10. The van der Waals surface area contributed by atoms with Crippen LogP contribution in [0.3, 0.4) is 0 Å². The van der Waals surface area contributed by atoms with Gasteiger partial charge in [-0.3, -0.25) is 0 Å². The van der Waals surface area contributed by atoms with Crippen LogP contribution in [0, 0.1) is 0 Å². The first-order valence-electron chi connectivity index (χ1n) is 18.6. The molecule has 0 unspecified atom stereocenters. The van der Waals surface area contributed by atoms with E-state index in [0.717, 1.165) is 69.0 Å². The maximum Gasteiger partial charge on any atom is 0.260 e. The van der Waals surface area contributed by atoms with Crippen LogP contribution < -0.4 is 35.7 Å². The lowest BCUT2D eigenvalue weighted by molar-refractivity contribution is 0.402. The summed E-state index contributed by atoms with van der Waals surface area (Å²) < 4.78 is 14.1. The number of benzene rings is 6. The number of hydrogen-bond donors (Lipinski definition) is 0. The predicted molar refractivity (Wildman–Crippen MR) is 216 cm³/mol. The Morgan fingerprint density at radius 3 is 1.60 bits per heavy atom. The molecule has 3 aliphatic heterocycles. The molecule has 0 spiro atoms. The second kappa shape index (κ2) is 10.6. The van der Waals surface area contributed by atoms with E-state index in [9.17, 15) is 0 Å². The highest BCUT2D eigenvalue weighted by Gasteiger charge is 2.47. The van der Waals surface area contributed by atoms with Gasteiger partial charge in [-0.2, -0.15) is 0 Å². The fraction of sp³-hybridized carbons (Fsp3) is 0.234. The minimum absolute atomic E-state index is 0.00260. The van der Waals surface area contributed by atoms with Gasteiger partial charge >= 0.3 is 0 Å². The third-order valence-corrected chi connectivity index (χ3v) is 11.8. The number of nitrogens with zero attached hydrogens (tertiary/aromatic N) is 2. The number of hydrogen-bond acceptors (Lipinski definition) is 4. The van der Waals surface area contributed by atoms with Crippen molar-refractivity contribution in [3.8, 4) is 23.0 Å². The van der Waals surface area contributed by atoms with E-state index in [1.54, 1.807) is 0 Å². The Morgan fingerprint density at radius 1 is 0.519 bits per heavy atom. The van der Waals surface area contributed by atoms with Gasteiger partial charge in [0.25, 0.3) is 6.71 Å². The molecule has 3 heterocycles. The van der Waals surface area contributed by atoms with Gasteiger partial charge in [-0.25, -0.2) is 0 Å². The molecular weight excluding hydrogens is 635 g/mol. The van der Waals surface area contributed by atoms with Gasteiger partial charge in [0.1, 0.15) is 23.0 Å². The highest BCUT2D eigenvalue weighted by Crippen LogP contribution is 2.56. The van der Waals surface area contributed by atoms with Crippen LogP contribution in [0.4, 0.5) is 34.1 Å². The fourth-order valence-electron chi connectivity index (χ4n) is 9.62. The second-order valence-electron chi connectivity index (χ2n) is 17.4. The molecule has 5 heteroatoms. The van der Waals surface area contributed by atoms with E-state index in [-0.39, 0.29) is 23.0 Å². The molecule has 0 bridgehead atoms. The van der Waals surface area contributed by atoms with Crippen LogP contribution in [0.15, 0.2) is 121 Å². The van der Waals surface area contributed by atoms with Gasteiger partial charge in [-0.05, 0) is 98.8 Å². The van der Waals surface area contributed by atoms with E-state index in [1.807, 2.05) is 0 Å². The molecular formula is C47H43BN2O2. The maximum absolute atomic E-state index is 7.10. The molecule has 0 fully saturated rings. The first-order chi connectivity index (χ1) is 24.9. The van der Waals surface area contributed by atoms with Gasteiger partial charge in [0.05, 0.1) is 28.4 Å². The summed E-state index contributed by atoms with van der Waals surface area (Å²) in [6.45, 7) is 16.4. The lowest BCUT2D eigenvalue weighted by Gasteiger charge is -2.41. The highest BCUT2D eigenvalue weighted by molar-refractivity contribution is 6.98. The van der Waals surface area contributed by atoms with E-state index in [0.29, 0.717) is 0 Å². The summed E-state index contributed by atoms with van der Waals surface area (Å²) in [5, 5.41) is 0. The standard InChI is InChI=1S/C47H43BN2O2/c1-45(2,3)29-21-22-40-34(23-29)48-35-26-32-33(47(6,7)28-46(32,4)5)27-41(35)52-43-25-31(24-42(51-40)44(43)48)50-38-19-13-11-17-36(38)49(30-15-9-8-10-16-30)37-18-12-14-20-39(37)50/h8-27H,28H2,1-7H3. The summed E-state index contributed by atoms with van der Waals surface area (Å²) in [4.78, 5) is 4.72. The van der Waals surface area contributed by atoms with Crippen LogP contribution in [-0.2, 0) is 16.2 Å². The Bertz CT molecular complexity index is 2410. The Labute approximate surface area is 307 Å². The lowest BCUT2D eigenvalue weighted by atomic mass is 9.34. The van der Waals surface area contributed by atoms with Gasteiger partial charge in [0.15, 0.2) is 0 Å². The van der Waals surface area contributed by atoms with Gasteiger partial charge in [-0.1, -0.05) is 109 Å². The maximum atomic E-state index is 7.10. The quantitative estimate of drug-likeness (QED) is 0.170. The molecule has 10 rings (SSSR count). The third-order valence-electron chi connectivity index (χ3n) is 11.8. The van der Waals surface area contributed by atoms with Crippen molar-refractivity contribution in [1.82, 2.24) is 0 Å². The molecule has 0 radical (unpaired) electrons. The molecule has 6 aromatic rings. The predicted octanol–water partition coefficient (Wildman–Crippen LogP) is 10.9. The molecule has 52 heavy (non-hydrogen) atoms. The van der Waals surface area contributed by atoms with Gasteiger partial charge in [0, 0.05) is 23.3 Å². The Hall–Kier alpha value is -5.42. The number of para-hydroxylation sites is 5. The van der Waals surface area contributed by atoms with Crippen molar-refractivity contribution in [2.45, 2.75) is 71.1 Å². The molecule has 0 atom stereocenters. The van der Waals surface area contributed by atoms with Crippen molar-refractivity contribution >= 4 is 57.2 Å². The van der Waals surface area contributed by atoms with Crippen LogP contribution >= 0.6 is 0 Å². The molecule has 4 aliphatic rings. The van der Waals surface area contributed by atoms with Gasteiger partial charge in [0.2, 0.25) is 0 Å². The summed E-state index contributed by atoms with van der Waals surface area (Å²) in [6, 6.07) is 44.0. The number of rotatable bonds is 2. The summed E-state index contributed by atoms with van der Waals surface area (Å²) in [5.41, 5.74) is 14.4. The average molecular weight is 679 g/mol. The minimum Gasteiger partial charge on any atom is -0.458 e. The summed E-state index contributed by atoms with van der Waals surface area (Å²) >= 11 is 0. The zero-order valence-corrected chi connectivity index (χ0v) is 31.0. The van der Waals surface area contributed by atoms with Crippen molar-refractivity contribution in [2.24, 2.45) is 0 Å². The zero-order valence-electron chi connectivity index (χ0n) is 31.0. The monoisotopic (exact) mass is 678 g/mol. The molecule has 0 amide bonds. The first kappa shape index (κ1) is 31.3. The molecule has 0 N–H and O–H groups in total. The van der Waals surface area contributed by atoms with Crippen LogP contribution in [0.1, 0.15) is 71.6 Å². The largest absolute Gasteiger partial charge is 0.458 e. The molecule has 6 aromatic carbocycles. The molecule has 0 saturated heterocycles. The van der Waals surface area contributed by atoms with E-state index in [1.165, 1.54) is 27.6 Å². The Balaban J connectivity index is 1.20. The zero-order chi connectivity index (χ0) is 35.7. The van der Waals surface area contributed by atoms with Crippen molar-refractivity contribution in [1.29, 1.82) is 0 Å². The molecule has 1 aliphatic carbocycles. The van der Waals surface area contributed by atoms with E-state index in [2.05, 4.69) is 180 Å². The van der Waals surface area contributed by atoms with Gasteiger partial charge in [-0.15, -0.1) is 0 Å². The van der Waals surface area contributed by atoms with Crippen molar-refractivity contribution in [2.75, 3.05) is 9.80 Å². The SMILES string of the molecule is CC(C)(C)c1ccc2c(c1)B1c3cc4c(cc3Oc3cc(N5c6ccccc6N(c6ccccc6)c6ccccc65)cc(c31)O2)C(C)(C)CC4(C)C. The van der Waals surface area contributed by atoms with Crippen LogP contribution in [0.25, 0.3) is 0 Å². The Morgan fingerprint density at radius 2 is 1.02 bits per heavy atom. The lowest BCUT2D eigenvalue weighted by Crippen LogP contribution is -2.58. The summed E-state index contributed by atoms with van der Waals surface area (Å²) in [5.74, 6) is 3.57. The molecule has 4 nitrogen and oxygen atoms in total. The van der Waals surface area contributed by atoms with Crippen molar-refractivity contribution in [3.05, 3.63) is 138 Å². The number of fused-ring (bicyclic) bond motifs is 7. The normalized spacial score (nSPS) is 16.8. The molecule has 0 aromatic heterocycles. The average Bonchev–Trinajstić information content (AvgIpc) is 3.30. The fourth-order valence-corrected chi connectivity index (χ4v) is 9.62. The van der Waals surface area contributed by atoms with Crippen LogP contribution in [-0.4, -0.2) is 6.71 Å². The summed E-state index contributed by atoms with van der Waals surface area (Å²) in [7, 11) is 0. The first-order valence-corrected chi connectivity index (χ1v) is 18.6. The van der Waals surface area contributed by atoms with E-state index < -0.39 is 0 Å². The topological polar surface area (TPSA) is 24.9 Å². The molecule has 256 valence electrons. The van der Waals surface area contributed by atoms with Crippen LogP contribution in [0.5, 0.6) is 23.0 Å². The van der Waals surface area contributed by atoms with Crippen molar-refractivity contribution < 1.29 is 9.47 Å². The number of ether oxygens (including phenoxy) is 2. The molecule has 0 saturated carbocycles.